The quantitative estimate of drug-likeness (QED) is 0.439. The summed E-state index contributed by atoms with van der Waals surface area (Å²) >= 11 is 0. The molecule has 4 aliphatic rings. The first-order valence-corrected chi connectivity index (χ1v) is 15.2. The molecule has 3 aliphatic heterocycles. The number of benzene rings is 1. The maximum atomic E-state index is 13.7. The van der Waals surface area contributed by atoms with Gasteiger partial charge in [0.05, 0.1) is 41.7 Å². The predicted octanol–water partition coefficient (Wildman–Crippen LogP) is 2.43. The van der Waals surface area contributed by atoms with Crippen molar-refractivity contribution in [3.63, 3.8) is 0 Å². The molecule has 0 atom stereocenters. The van der Waals surface area contributed by atoms with Crippen LogP contribution in [0, 0.1) is 5.41 Å². The fourth-order valence-electron chi connectivity index (χ4n) is 5.98. The highest BCUT2D eigenvalue weighted by Gasteiger charge is 2.47. The largest absolute Gasteiger partial charge is 0.395 e. The number of hydrogen-bond acceptors (Lipinski definition) is 8. The third-order valence-electron chi connectivity index (χ3n) is 8.58. The Balaban J connectivity index is 1.31. The average Bonchev–Trinajstić information content (AvgIpc) is 3.56. The number of nitrogens with one attached hydrogen (secondary N) is 2. The number of aromatic nitrogens is 1. The van der Waals surface area contributed by atoms with E-state index in [1.807, 2.05) is 11.9 Å². The molecule has 0 bridgehead atoms. The first-order chi connectivity index (χ1) is 19.0. The summed E-state index contributed by atoms with van der Waals surface area (Å²) in [4.78, 5) is 23.7. The second-order valence-corrected chi connectivity index (χ2v) is 13.2. The van der Waals surface area contributed by atoms with Gasteiger partial charge in [-0.05, 0) is 67.3 Å². The number of aliphatic hydroxyl groups is 1. The summed E-state index contributed by atoms with van der Waals surface area (Å²) < 4.78 is 55.4. The maximum absolute atomic E-state index is 13.7. The van der Waals surface area contributed by atoms with Crippen molar-refractivity contribution in [2.24, 2.45) is 5.41 Å². The van der Waals surface area contributed by atoms with Gasteiger partial charge in [0, 0.05) is 33.2 Å². The maximum Gasteiger partial charge on any atom is 0.282 e. The van der Waals surface area contributed by atoms with Gasteiger partial charge in [-0.1, -0.05) is 0 Å². The second-order valence-electron chi connectivity index (χ2n) is 11.5. The van der Waals surface area contributed by atoms with Crippen LogP contribution in [-0.2, 0) is 16.4 Å². The number of pyridine rings is 1. The number of hydrogen-bond donors (Lipinski definition) is 3. The molecular weight excluding hydrogens is 542 g/mol. The van der Waals surface area contributed by atoms with Gasteiger partial charge >= 0.3 is 0 Å². The number of piperidine rings is 1. The average molecular weight is 577 g/mol. The van der Waals surface area contributed by atoms with Crippen LogP contribution in [0.4, 0.5) is 31.7 Å². The Bertz CT molecular complexity index is 1430. The highest BCUT2D eigenvalue weighted by molar-refractivity contribution is 7.89. The first-order valence-electron chi connectivity index (χ1n) is 13.7. The van der Waals surface area contributed by atoms with E-state index in [-0.39, 0.29) is 23.7 Å². The molecule has 1 saturated carbocycles. The number of carbonyl (C=O) groups is 1. The predicted molar refractivity (Wildman–Crippen MR) is 148 cm³/mol. The summed E-state index contributed by atoms with van der Waals surface area (Å²) in [6.07, 6.45) is 5.12. The molecule has 13 heteroatoms. The summed E-state index contributed by atoms with van der Waals surface area (Å²) in [7, 11) is -1.97. The van der Waals surface area contributed by atoms with Crippen molar-refractivity contribution in [3.8, 4) is 0 Å². The number of nitrogens with zero attached hydrogens (tertiary/aromatic N) is 4. The number of rotatable bonds is 8. The Morgan fingerprint density at radius 2 is 1.80 bits per heavy atom. The van der Waals surface area contributed by atoms with Crippen molar-refractivity contribution < 1.29 is 27.1 Å². The minimum absolute atomic E-state index is 0.0420. The van der Waals surface area contributed by atoms with E-state index in [9.17, 15) is 22.0 Å². The van der Waals surface area contributed by atoms with Crippen LogP contribution in [0.1, 0.15) is 41.7 Å². The lowest BCUT2D eigenvalue weighted by Crippen LogP contribution is -2.57. The number of aliphatic hydroxyl groups excluding tert-OH is 1. The summed E-state index contributed by atoms with van der Waals surface area (Å²) in [6.45, 7) is 0.890. The molecule has 6 rings (SSSR count). The minimum atomic E-state index is -3.86. The molecule has 3 fully saturated rings. The van der Waals surface area contributed by atoms with Crippen molar-refractivity contribution in [2.75, 3.05) is 72.9 Å². The van der Waals surface area contributed by atoms with Crippen LogP contribution < -0.4 is 24.7 Å². The van der Waals surface area contributed by atoms with Crippen LogP contribution >= 0.6 is 0 Å². The monoisotopic (exact) mass is 576 g/mol. The lowest BCUT2D eigenvalue weighted by Gasteiger charge is -2.41. The van der Waals surface area contributed by atoms with E-state index >= 15 is 0 Å². The Labute approximate surface area is 232 Å². The number of fused-ring (bicyclic) bond motifs is 1. The molecule has 2 saturated heterocycles. The summed E-state index contributed by atoms with van der Waals surface area (Å²) in [5.74, 6) is -2.88. The van der Waals surface area contributed by atoms with Gasteiger partial charge in [0.15, 0.2) is 5.82 Å². The number of carbonyl (C=O) groups excluding carboxylic acids is 1. The summed E-state index contributed by atoms with van der Waals surface area (Å²) in [6, 6.07) is 6.26. The number of halogens is 2. The first kappa shape index (κ1) is 27.2. The smallest absolute Gasteiger partial charge is 0.282 e. The van der Waals surface area contributed by atoms with Crippen molar-refractivity contribution in [3.05, 3.63) is 35.5 Å². The Hall–Kier alpha value is -3.03. The Morgan fingerprint density at radius 3 is 2.45 bits per heavy atom. The third kappa shape index (κ3) is 5.10. The van der Waals surface area contributed by atoms with E-state index in [2.05, 4.69) is 19.9 Å². The van der Waals surface area contributed by atoms with Crippen molar-refractivity contribution >= 4 is 38.8 Å². The van der Waals surface area contributed by atoms with Crippen molar-refractivity contribution in [2.45, 2.75) is 42.9 Å². The van der Waals surface area contributed by atoms with Gasteiger partial charge in [0.25, 0.3) is 11.8 Å². The number of anilines is 4. The van der Waals surface area contributed by atoms with E-state index in [1.54, 1.807) is 18.2 Å². The molecule has 1 aromatic carbocycles. The fraction of sp³-hybridized carbons (Fsp3) is 0.556. The lowest BCUT2D eigenvalue weighted by molar-refractivity contribution is -0.0266. The van der Waals surface area contributed by atoms with Crippen molar-refractivity contribution in [1.29, 1.82) is 0 Å². The molecule has 40 heavy (non-hydrogen) atoms. The third-order valence-corrected chi connectivity index (χ3v) is 10.0. The highest BCUT2D eigenvalue weighted by Crippen LogP contribution is 2.54. The molecule has 0 unspecified atom stereocenters. The molecule has 2 aromatic rings. The molecule has 1 aliphatic carbocycles. The molecule has 1 aromatic heterocycles. The van der Waals surface area contributed by atoms with E-state index in [1.165, 1.54) is 23.8 Å². The summed E-state index contributed by atoms with van der Waals surface area (Å²) in [5, 5.41) is 12.0. The van der Waals surface area contributed by atoms with E-state index in [0.29, 0.717) is 35.6 Å². The van der Waals surface area contributed by atoms with Crippen LogP contribution in [0.15, 0.2) is 29.2 Å². The lowest BCUT2D eigenvalue weighted by atomic mass is 9.93. The molecule has 0 radical (unpaired) electrons. The minimum Gasteiger partial charge on any atom is -0.395 e. The van der Waals surface area contributed by atoms with Crippen LogP contribution in [0.5, 0.6) is 0 Å². The van der Waals surface area contributed by atoms with E-state index in [4.69, 9.17) is 5.11 Å². The highest BCUT2D eigenvalue weighted by atomic mass is 32.2. The normalized spacial score (nSPS) is 20.9. The molecule has 3 N–H and O–H groups in total. The SMILES string of the molecule is CN1CCc2cc(C(=O)Nc3ccc(S(=O)(=O)NCCO)cc3N3CCC4(CC3)CC4)nc(N3CC(F)(F)C3)c21. The number of alkyl halides is 2. The van der Waals surface area contributed by atoms with Gasteiger partial charge in [-0.15, -0.1) is 0 Å². The van der Waals surface area contributed by atoms with Gasteiger partial charge in [0.2, 0.25) is 10.0 Å². The topological polar surface area (TPSA) is 118 Å². The van der Waals surface area contributed by atoms with Gasteiger partial charge in [-0.2, -0.15) is 0 Å². The number of likely N-dealkylation sites (N-methyl/N-ethyl adjacent to an activating group) is 1. The Kier molecular flexibility index (Phi) is 6.66. The zero-order valence-electron chi connectivity index (χ0n) is 22.4. The van der Waals surface area contributed by atoms with Gasteiger partial charge in [-0.3, -0.25) is 4.79 Å². The molecule has 216 valence electrons. The molecule has 1 spiro atoms. The van der Waals surface area contributed by atoms with E-state index < -0.39 is 34.9 Å². The van der Waals surface area contributed by atoms with Crippen LogP contribution in [-0.4, -0.2) is 83.3 Å². The van der Waals surface area contributed by atoms with Gasteiger partial charge < -0.3 is 25.1 Å². The fourth-order valence-corrected chi connectivity index (χ4v) is 7.02. The van der Waals surface area contributed by atoms with E-state index in [0.717, 1.165) is 37.2 Å². The molecule has 4 heterocycles. The number of sulfonamides is 1. The zero-order valence-corrected chi connectivity index (χ0v) is 23.2. The molecule has 1 amide bonds. The van der Waals surface area contributed by atoms with Gasteiger partial charge in [-0.25, -0.2) is 26.9 Å². The summed E-state index contributed by atoms with van der Waals surface area (Å²) in [5.41, 5.74) is 3.24. The van der Waals surface area contributed by atoms with Crippen LogP contribution in [0.25, 0.3) is 0 Å². The van der Waals surface area contributed by atoms with Crippen LogP contribution in [0.2, 0.25) is 0 Å². The molecular formula is C27H34F2N6O4S. The van der Waals surface area contributed by atoms with Crippen LogP contribution in [0.3, 0.4) is 0 Å². The zero-order chi connectivity index (χ0) is 28.3. The second kappa shape index (κ2) is 9.81. The molecule has 10 nitrogen and oxygen atoms in total. The van der Waals surface area contributed by atoms with Gasteiger partial charge in [0.1, 0.15) is 5.69 Å². The number of amides is 1. The Morgan fingerprint density at radius 1 is 1.07 bits per heavy atom. The standard InChI is InChI=1S/C27H34F2N6O4S/c1-33-10-4-18-14-21(31-24(23(18)33)35-16-27(28,29)17-35)25(37)32-20-3-2-19(40(38,39)30-9-13-36)15-22(20)34-11-7-26(5-6-26)8-12-34/h2-3,14-15,30,36H,4-13,16-17H2,1H3,(H,32,37). The van der Waals surface area contributed by atoms with Crippen molar-refractivity contribution in [1.82, 2.24) is 9.71 Å².